The van der Waals surface area contributed by atoms with Gasteiger partial charge in [0.15, 0.2) is 0 Å². The second kappa shape index (κ2) is 8.84. The fourth-order valence-electron chi connectivity index (χ4n) is 3.14. The number of hydrogen-bond donors (Lipinski definition) is 2. The molecule has 2 amide bonds. The lowest BCUT2D eigenvalue weighted by Gasteiger charge is -2.20. The van der Waals surface area contributed by atoms with Gasteiger partial charge in [-0.15, -0.1) is 0 Å². The van der Waals surface area contributed by atoms with Crippen molar-refractivity contribution >= 4 is 50.5 Å². The van der Waals surface area contributed by atoms with E-state index >= 15 is 0 Å². The molecular formula is C20H22ClN3O4S. The molecule has 0 aliphatic carbocycles. The summed E-state index contributed by atoms with van der Waals surface area (Å²) in [6.07, 6.45) is 1.71. The maximum atomic E-state index is 12.8. The van der Waals surface area contributed by atoms with Gasteiger partial charge in [0, 0.05) is 29.4 Å². The highest BCUT2D eigenvalue weighted by Crippen LogP contribution is 2.29. The van der Waals surface area contributed by atoms with Crippen molar-refractivity contribution in [3.05, 3.63) is 53.1 Å². The van der Waals surface area contributed by atoms with Crippen LogP contribution in [0.15, 0.2) is 42.5 Å². The fraction of sp³-hybridized carbons (Fsp3) is 0.300. The number of anilines is 3. The average molecular weight is 436 g/mol. The molecular weight excluding hydrogens is 414 g/mol. The molecule has 2 aromatic rings. The van der Waals surface area contributed by atoms with Crippen LogP contribution in [0.2, 0.25) is 5.02 Å². The van der Waals surface area contributed by atoms with E-state index < -0.39 is 10.0 Å². The molecule has 0 aromatic heterocycles. The minimum absolute atomic E-state index is 0.0370. The second-order valence-corrected chi connectivity index (χ2v) is 9.04. The van der Waals surface area contributed by atoms with Crippen LogP contribution in [-0.2, 0) is 14.8 Å². The molecule has 1 saturated heterocycles. The molecule has 29 heavy (non-hydrogen) atoms. The first-order valence-electron chi connectivity index (χ1n) is 9.31. The van der Waals surface area contributed by atoms with Crippen molar-refractivity contribution in [3.63, 3.8) is 0 Å². The number of sulfonamides is 1. The number of carbonyl (C=O) groups is 2. The Balaban J connectivity index is 1.76. The van der Waals surface area contributed by atoms with Crippen LogP contribution in [0.1, 0.15) is 36.5 Å². The van der Waals surface area contributed by atoms with E-state index in [1.165, 1.54) is 0 Å². The molecule has 0 atom stereocenters. The van der Waals surface area contributed by atoms with E-state index in [0.29, 0.717) is 47.0 Å². The summed E-state index contributed by atoms with van der Waals surface area (Å²) in [6, 6.07) is 11.2. The van der Waals surface area contributed by atoms with Crippen LogP contribution in [0.4, 0.5) is 17.1 Å². The highest BCUT2D eigenvalue weighted by atomic mass is 35.5. The lowest BCUT2D eigenvalue weighted by molar-refractivity contribution is -0.117. The molecule has 0 spiro atoms. The normalized spacial score (nSPS) is 14.1. The summed E-state index contributed by atoms with van der Waals surface area (Å²) < 4.78 is 26.2. The van der Waals surface area contributed by atoms with Crippen molar-refractivity contribution < 1.29 is 18.0 Å². The van der Waals surface area contributed by atoms with Gasteiger partial charge in [-0.25, -0.2) is 8.42 Å². The lowest BCUT2D eigenvalue weighted by Crippen LogP contribution is -2.27. The van der Waals surface area contributed by atoms with Crippen LogP contribution in [0, 0.1) is 0 Å². The summed E-state index contributed by atoms with van der Waals surface area (Å²) in [6.45, 7) is 2.34. The third kappa shape index (κ3) is 5.27. The van der Waals surface area contributed by atoms with Crippen LogP contribution in [0.3, 0.4) is 0 Å². The third-order valence-corrected chi connectivity index (χ3v) is 6.19. The van der Waals surface area contributed by atoms with Gasteiger partial charge in [0.25, 0.3) is 5.91 Å². The van der Waals surface area contributed by atoms with Crippen molar-refractivity contribution in [2.24, 2.45) is 0 Å². The number of amides is 2. The van der Waals surface area contributed by atoms with E-state index in [-0.39, 0.29) is 17.6 Å². The standard InChI is InChI=1S/C20H22ClN3O4S/c1-2-12-29(27,28)23-16-8-6-15(7-9-16)22-20(26)17-10-5-14(21)13-18(17)24-11-3-4-19(24)25/h5-10,13,23H,2-4,11-12H2,1H3,(H,22,26). The van der Waals surface area contributed by atoms with E-state index in [9.17, 15) is 18.0 Å². The van der Waals surface area contributed by atoms with Crippen molar-refractivity contribution in [1.82, 2.24) is 0 Å². The summed E-state index contributed by atoms with van der Waals surface area (Å²) in [5.74, 6) is -0.374. The minimum Gasteiger partial charge on any atom is -0.322 e. The van der Waals surface area contributed by atoms with Gasteiger partial charge in [0.05, 0.1) is 17.0 Å². The zero-order chi connectivity index (χ0) is 21.0. The van der Waals surface area contributed by atoms with Gasteiger partial charge in [-0.1, -0.05) is 18.5 Å². The van der Waals surface area contributed by atoms with Gasteiger partial charge in [-0.05, 0) is 55.3 Å². The molecule has 154 valence electrons. The molecule has 1 fully saturated rings. The van der Waals surface area contributed by atoms with E-state index in [4.69, 9.17) is 11.6 Å². The van der Waals surface area contributed by atoms with Crippen LogP contribution in [0.5, 0.6) is 0 Å². The number of nitrogens with one attached hydrogen (secondary N) is 2. The van der Waals surface area contributed by atoms with E-state index in [0.717, 1.165) is 6.42 Å². The lowest BCUT2D eigenvalue weighted by atomic mass is 10.1. The van der Waals surface area contributed by atoms with Crippen LogP contribution in [0.25, 0.3) is 0 Å². The number of carbonyl (C=O) groups excluding carboxylic acids is 2. The molecule has 0 saturated carbocycles. The first kappa shape index (κ1) is 21.1. The van der Waals surface area contributed by atoms with Gasteiger partial charge < -0.3 is 10.2 Å². The van der Waals surface area contributed by atoms with Gasteiger partial charge in [0.2, 0.25) is 15.9 Å². The van der Waals surface area contributed by atoms with E-state index in [2.05, 4.69) is 10.0 Å². The Morgan fingerprint density at radius 3 is 2.45 bits per heavy atom. The molecule has 3 rings (SSSR count). The average Bonchev–Trinajstić information content (AvgIpc) is 3.08. The van der Waals surface area contributed by atoms with Gasteiger partial charge in [-0.3, -0.25) is 14.3 Å². The Morgan fingerprint density at radius 2 is 1.83 bits per heavy atom. The van der Waals surface area contributed by atoms with E-state index in [1.54, 1.807) is 54.3 Å². The maximum Gasteiger partial charge on any atom is 0.257 e. The Hall–Kier alpha value is -2.58. The monoisotopic (exact) mass is 435 g/mol. The summed E-state index contributed by atoms with van der Waals surface area (Å²) in [5.41, 5.74) is 1.76. The number of benzene rings is 2. The fourth-order valence-corrected chi connectivity index (χ4v) is 4.44. The van der Waals surface area contributed by atoms with Crippen molar-refractivity contribution in [2.45, 2.75) is 26.2 Å². The van der Waals surface area contributed by atoms with Gasteiger partial charge in [-0.2, -0.15) is 0 Å². The van der Waals surface area contributed by atoms with Crippen molar-refractivity contribution in [1.29, 1.82) is 0 Å². The van der Waals surface area contributed by atoms with Crippen LogP contribution >= 0.6 is 11.6 Å². The first-order valence-corrected chi connectivity index (χ1v) is 11.3. The predicted octanol–water partition coefficient (Wildman–Crippen LogP) is 3.87. The maximum absolute atomic E-state index is 12.8. The first-order chi connectivity index (χ1) is 13.8. The van der Waals surface area contributed by atoms with Gasteiger partial charge in [0.1, 0.15) is 0 Å². The predicted molar refractivity (Wildman–Crippen MR) is 115 cm³/mol. The second-order valence-electron chi connectivity index (χ2n) is 6.76. The van der Waals surface area contributed by atoms with Crippen molar-refractivity contribution in [3.8, 4) is 0 Å². The zero-order valence-electron chi connectivity index (χ0n) is 15.9. The molecule has 2 aromatic carbocycles. The van der Waals surface area contributed by atoms with Crippen LogP contribution in [-0.4, -0.2) is 32.5 Å². The minimum atomic E-state index is -3.38. The highest BCUT2D eigenvalue weighted by Gasteiger charge is 2.26. The molecule has 1 aliphatic rings. The quantitative estimate of drug-likeness (QED) is 0.690. The highest BCUT2D eigenvalue weighted by molar-refractivity contribution is 7.92. The Kier molecular flexibility index (Phi) is 6.44. The molecule has 1 heterocycles. The largest absolute Gasteiger partial charge is 0.322 e. The molecule has 0 bridgehead atoms. The summed E-state index contributed by atoms with van der Waals surface area (Å²) in [7, 11) is -3.38. The summed E-state index contributed by atoms with van der Waals surface area (Å²) in [4.78, 5) is 26.5. The third-order valence-electron chi connectivity index (χ3n) is 4.46. The smallest absolute Gasteiger partial charge is 0.257 e. The Morgan fingerprint density at radius 1 is 1.14 bits per heavy atom. The summed E-state index contributed by atoms with van der Waals surface area (Å²) >= 11 is 6.07. The van der Waals surface area contributed by atoms with Crippen LogP contribution < -0.4 is 14.9 Å². The Bertz CT molecular complexity index is 1020. The number of halogens is 1. The molecule has 7 nitrogen and oxygen atoms in total. The molecule has 0 unspecified atom stereocenters. The number of hydrogen-bond acceptors (Lipinski definition) is 4. The number of rotatable bonds is 7. The van der Waals surface area contributed by atoms with E-state index in [1.807, 2.05) is 0 Å². The van der Waals surface area contributed by atoms with Gasteiger partial charge >= 0.3 is 0 Å². The summed E-state index contributed by atoms with van der Waals surface area (Å²) in [5, 5.41) is 3.22. The molecule has 0 radical (unpaired) electrons. The molecule has 9 heteroatoms. The Labute approximate surface area is 175 Å². The molecule has 1 aliphatic heterocycles. The van der Waals surface area contributed by atoms with Crippen molar-refractivity contribution in [2.75, 3.05) is 27.2 Å². The SMILES string of the molecule is CCCS(=O)(=O)Nc1ccc(NC(=O)c2ccc(Cl)cc2N2CCCC2=O)cc1. The zero-order valence-corrected chi connectivity index (χ0v) is 17.5. The number of nitrogens with zero attached hydrogens (tertiary/aromatic N) is 1. The molecule has 2 N–H and O–H groups in total. The topological polar surface area (TPSA) is 95.6 Å².